The molecule has 0 saturated carbocycles. The third-order valence-electron chi connectivity index (χ3n) is 6.09. The number of carbonyl (C=O) groups excluding carboxylic acids is 2. The first-order valence-corrected chi connectivity index (χ1v) is 10.7. The lowest BCUT2D eigenvalue weighted by Crippen LogP contribution is -2.55. The largest absolute Gasteiger partial charge is 0.495 e. The second-order valence-corrected chi connectivity index (χ2v) is 8.00. The van der Waals surface area contributed by atoms with E-state index in [2.05, 4.69) is 17.1 Å². The van der Waals surface area contributed by atoms with Gasteiger partial charge in [0.1, 0.15) is 11.9 Å². The molecule has 2 aliphatic rings. The predicted molar refractivity (Wildman–Crippen MR) is 118 cm³/mol. The molecule has 1 N–H and O–H groups in total. The van der Waals surface area contributed by atoms with E-state index in [4.69, 9.17) is 4.74 Å². The van der Waals surface area contributed by atoms with Crippen LogP contribution in [-0.4, -0.2) is 43.1 Å². The summed E-state index contributed by atoms with van der Waals surface area (Å²) in [6.45, 7) is 5.66. The number of ether oxygens (including phenoxy) is 1. The zero-order chi connectivity index (χ0) is 21.3. The minimum Gasteiger partial charge on any atom is -0.495 e. The molecule has 2 aromatic rings. The van der Waals surface area contributed by atoms with E-state index >= 15 is 0 Å². The summed E-state index contributed by atoms with van der Waals surface area (Å²) in [7, 11) is 1.59. The smallest absolute Gasteiger partial charge is 0.257 e. The highest BCUT2D eigenvalue weighted by Gasteiger charge is 2.37. The van der Waals surface area contributed by atoms with Crippen LogP contribution in [0.3, 0.4) is 0 Å². The van der Waals surface area contributed by atoms with Crippen LogP contribution in [0.1, 0.15) is 58.9 Å². The molecule has 0 radical (unpaired) electrons. The fraction of sp³-hybridized carbons (Fsp3) is 0.417. The fourth-order valence-electron chi connectivity index (χ4n) is 4.55. The Morgan fingerprint density at radius 2 is 2.00 bits per heavy atom. The summed E-state index contributed by atoms with van der Waals surface area (Å²) >= 11 is 0. The van der Waals surface area contributed by atoms with Gasteiger partial charge in [-0.15, -0.1) is 0 Å². The van der Waals surface area contributed by atoms with Gasteiger partial charge in [-0.05, 0) is 69.0 Å². The molecule has 6 nitrogen and oxygen atoms in total. The average Bonchev–Trinajstić information content (AvgIpc) is 3.00. The van der Waals surface area contributed by atoms with Crippen LogP contribution in [0, 0.1) is 6.92 Å². The van der Waals surface area contributed by atoms with Gasteiger partial charge in [0.25, 0.3) is 11.8 Å². The molecule has 1 atom stereocenters. The molecule has 6 heteroatoms. The first-order valence-electron chi connectivity index (χ1n) is 10.7. The molecule has 158 valence electrons. The predicted octanol–water partition coefficient (Wildman–Crippen LogP) is 4.44. The number of rotatable bonds is 4. The number of aryl methyl sites for hydroxylation is 1. The van der Waals surface area contributed by atoms with Gasteiger partial charge >= 0.3 is 0 Å². The van der Waals surface area contributed by atoms with Gasteiger partial charge < -0.3 is 19.9 Å². The van der Waals surface area contributed by atoms with Crippen molar-refractivity contribution in [1.82, 2.24) is 4.90 Å². The SMILES string of the molecule is CCN1c2cc(C(=O)Nc3cc(C)ccc3OC)ccc2C(=O)N2CCCCCC21. The van der Waals surface area contributed by atoms with Crippen LogP contribution in [0.25, 0.3) is 0 Å². The molecule has 2 aromatic carbocycles. The van der Waals surface area contributed by atoms with E-state index in [1.165, 1.54) is 0 Å². The minimum atomic E-state index is -0.214. The number of benzene rings is 2. The Labute approximate surface area is 177 Å². The number of anilines is 2. The second-order valence-electron chi connectivity index (χ2n) is 8.00. The van der Waals surface area contributed by atoms with Crippen molar-refractivity contribution in [2.45, 2.75) is 45.7 Å². The lowest BCUT2D eigenvalue weighted by molar-refractivity contribution is 0.0656. The Morgan fingerprint density at radius 3 is 2.77 bits per heavy atom. The van der Waals surface area contributed by atoms with Crippen molar-refractivity contribution in [3.05, 3.63) is 53.1 Å². The number of carbonyl (C=O) groups is 2. The normalized spacial score (nSPS) is 18.4. The van der Waals surface area contributed by atoms with Gasteiger partial charge in [0.2, 0.25) is 0 Å². The van der Waals surface area contributed by atoms with Gasteiger partial charge in [-0.3, -0.25) is 9.59 Å². The van der Waals surface area contributed by atoms with Gasteiger partial charge in [0.05, 0.1) is 24.0 Å². The molecule has 2 aliphatic heterocycles. The summed E-state index contributed by atoms with van der Waals surface area (Å²) in [5.74, 6) is 0.480. The summed E-state index contributed by atoms with van der Waals surface area (Å²) in [5, 5.41) is 2.96. The van der Waals surface area contributed by atoms with E-state index in [1.807, 2.05) is 36.1 Å². The highest BCUT2D eigenvalue weighted by molar-refractivity contribution is 6.08. The van der Waals surface area contributed by atoms with Crippen molar-refractivity contribution in [3.63, 3.8) is 0 Å². The lowest BCUT2D eigenvalue weighted by atomic mass is 10.0. The number of methoxy groups -OCH3 is 1. The third kappa shape index (κ3) is 3.62. The van der Waals surface area contributed by atoms with Crippen molar-refractivity contribution in [3.8, 4) is 5.75 Å². The number of nitrogens with one attached hydrogen (secondary N) is 1. The van der Waals surface area contributed by atoms with Crippen molar-refractivity contribution in [1.29, 1.82) is 0 Å². The monoisotopic (exact) mass is 407 g/mol. The molecule has 30 heavy (non-hydrogen) atoms. The van der Waals surface area contributed by atoms with E-state index in [0.717, 1.165) is 50.0 Å². The van der Waals surface area contributed by atoms with Crippen molar-refractivity contribution < 1.29 is 14.3 Å². The Balaban J connectivity index is 1.67. The molecule has 2 amide bonds. The van der Waals surface area contributed by atoms with Gasteiger partial charge in [-0.1, -0.05) is 12.5 Å². The Kier molecular flexibility index (Phi) is 5.66. The molecule has 4 rings (SSSR count). The molecule has 0 aliphatic carbocycles. The molecular formula is C24H29N3O3. The van der Waals surface area contributed by atoms with E-state index in [1.54, 1.807) is 19.2 Å². The van der Waals surface area contributed by atoms with Crippen molar-refractivity contribution >= 4 is 23.2 Å². The van der Waals surface area contributed by atoms with E-state index in [0.29, 0.717) is 22.6 Å². The highest BCUT2D eigenvalue weighted by atomic mass is 16.5. The van der Waals surface area contributed by atoms with E-state index in [-0.39, 0.29) is 18.0 Å². The number of hydrogen-bond donors (Lipinski definition) is 1. The van der Waals surface area contributed by atoms with Gasteiger partial charge in [0, 0.05) is 18.7 Å². The quantitative estimate of drug-likeness (QED) is 0.814. The molecule has 0 bridgehead atoms. The Bertz CT molecular complexity index is 972. The maximum absolute atomic E-state index is 13.1. The average molecular weight is 408 g/mol. The highest BCUT2D eigenvalue weighted by Crippen LogP contribution is 2.35. The Hall–Kier alpha value is -3.02. The second kappa shape index (κ2) is 8.38. The molecule has 0 aromatic heterocycles. The Morgan fingerprint density at radius 1 is 1.17 bits per heavy atom. The zero-order valence-electron chi connectivity index (χ0n) is 17.9. The van der Waals surface area contributed by atoms with Crippen molar-refractivity contribution in [2.75, 3.05) is 30.4 Å². The van der Waals surface area contributed by atoms with Crippen LogP contribution < -0.4 is 15.0 Å². The standard InChI is InChI=1S/C24H29N3O3/c1-4-26-20-15-17(23(28)25-19-14-16(2)9-12-21(19)30-3)10-11-18(20)24(29)27-13-7-5-6-8-22(26)27/h9-12,14-15,22H,4-8,13H2,1-3H3,(H,25,28). The topological polar surface area (TPSA) is 61.9 Å². The maximum Gasteiger partial charge on any atom is 0.257 e. The van der Waals surface area contributed by atoms with Crippen LogP contribution in [-0.2, 0) is 0 Å². The fourth-order valence-corrected chi connectivity index (χ4v) is 4.55. The summed E-state index contributed by atoms with van der Waals surface area (Å²) in [6.07, 6.45) is 4.37. The number of hydrogen-bond acceptors (Lipinski definition) is 4. The summed E-state index contributed by atoms with van der Waals surface area (Å²) in [4.78, 5) is 30.4. The lowest BCUT2D eigenvalue weighted by Gasteiger charge is -2.44. The molecule has 1 saturated heterocycles. The summed E-state index contributed by atoms with van der Waals surface area (Å²) in [5.41, 5.74) is 3.74. The van der Waals surface area contributed by atoms with Gasteiger partial charge in [-0.25, -0.2) is 0 Å². The van der Waals surface area contributed by atoms with Gasteiger partial charge in [0.15, 0.2) is 0 Å². The molecule has 1 fully saturated rings. The van der Waals surface area contributed by atoms with Gasteiger partial charge in [-0.2, -0.15) is 0 Å². The molecule has 0 spiro atoms. The minimum absolute atomic E-state index is 0.0766. The van der Waals surface area contributed by atoms with Crippen LogP contribution >= 0.6 is 0 Å². The number of nitrogens with zero attached hydrogens (tertiary/aromatic N) is 2. The summed E-state index contributed by atoms with van der Waals surface area (Å²) < 4.78 is 5.37. The van der Waals surface area contributed by atoms with Crippen LogP contribution in [0.4, 0.5) is 11.4 Å². The van der Waals surface area contributed by atoms with Crippen LogP contribution in [0.2, 0.25) is 0 Å². The molecular weight excluding hydrogens is 378 g/mol. The number of fused-ring (bicyclic) bond motifs is 2. The first-order chi connectivity index (χ1) is 14.5. The third-order valence-corrected chi connectivity index (χ3v) is 6.09. The van der Waals surface area contributed by atoms with Crippen LogP contribution in [0.15, 0.2) is 36.4 Å². The maximum atomic E-state index is 13.1. The number of amides is 2. The first kappa shape index (κ1) is 20.3. The van der Waals surface area contributed by atoms with Crippen molar-refractivity contribution in [2.24, 2.45) is 0 Å². The van der Waals surface area contributed by atoms with E-state index in [9.17, 15) is 9.59 Å². The van der Waals surface area contributed by atoms with Crippen LogP contribution in [0.5, 0.6) is 5.75 Å². The molecule has 1 unspecified atom stereocenters. The molecule has 2 heterocycles. The van der Waals surface area contributed by atoms with E-state index < -0.39 is 0 Å². The summed E-state index contributed by atoms with van der Waals surface area (Å²) in [6, 6.07) is 11.1. The zero-order valence-corrected chi connectivity index (χ0v) is 17.9.